The first-order chi connectivity index (χ1) is 13.5. The highest BCUT2D eigenvalue weighted by molar-refractivity contribution is 7.80. The van der Waals surface area contributed by atoms with E-state index in [-0.39, 0.29) is 21.3 Å². The molecule has 0 bridgehead atoms. The van der Waals surface area contributed by atoms with Gasteiger partial charge in [-0.1, -0.05) is 30.3 Å². The minimum Gasteiger partial charge on any atom is -0.494 e. The van der Waals surface area contributed by atoms with E-state index in [1.165, 1.54) is 10.8 Å². The first-order valence-electron chi connectivity index (χ1n) is 8.26. The maximum absolute atomic E-state index is 12.2. The van der Waals surface area contributed by atoms with Crippen LogP contribution in [-0.2, 0) is 0 Å². The third kappa shape index (κ3) is 4.51. The number of aromatic nitrogens is 2. The predicted molar refractivity (Wildman–Crippen MR) is 117 cm³/mol. The van der Waals surface area contributed by atoms with Gasteiger partial charge in [0, 0.05) is 5.69 Å². The van der Waals surface area contributed by atoms with Crippen molar-refractivity contribution in [2.45, 2.75) is 6.92 Å². The van der Waals surface area contributed by atoms with E-state index in [1.54, 1.807) is 6.07 Å². The molecule has 0 aliphatic rings. The summed E-state index contributed by atoms with van der Waals surface area (Å²) in [6, 6.07) is 16.7. The van der Waals surface area contributed by atoms with Gasteiger partial charge in [-0.15, -0.1) is 0 Å². The average molecular weight is 412 g/mol. The zero-order valence-corrected chi connectivity index (χ0v) is 16.5. The molecule has 0 amide bonds. The molecule has 1 heterocycles. The Morgan fingerprint density at radius 2 is 1.96 bits per heavy atom. The van der Waals surface area contributed by atoms with Gasteiger partial charge in [-0.25, -0.2) is 0 Å². The van der Waals surface area contributed by atoms with Crippen molar-refractivity contribution in [1.29, 1.82) is 0 Å². The number of nitrogens with one attached hydrogen (secondary N) is 3. The monoisotopic (exact) mass is 411 g/mol. The maximum atomic E-state index is 12.2. The first-order valence-corrected chi connectivity index (χ1v) is 9.08. The molecule has 0 saturated carbocycles. The first kappa shape index (κ1) is 19.5. The molecule has 0 spiro atoms. The van der Waals surface area contributed by atoms with Crippen LogP contribution in [0.3, 0.4) is 0 Å². The maximum Gasteiger partial charge on any atom is 0.264 e. The summed E-state index contributed by atoms with van der Waals surface area (Å²) in [4.78, 5) is 14.8. The van der Waals surface area contributed by atoms with Gasteiger partial charge in [0.1, 0.15) is 5.56 Å². The van der Waals surface area contributed by atoms with E-state index in [1.807, 2.05) is 55.5 Å². The van der Waals surface area contributed by atoms with Crippen LogP contribution in [0.1, 0.15) is 11.1 Å². The van der Waals surface area contributed by atoms with Crippen LogP contribution in [0.15, 0.2) is 64.5 Å². The number of hydrogen-bond donors (Lipinski definition) is 4. The Balaban J connectivity index is 1.85. The number of H-pyrrole nitrogens is 1. The topological polar surface area (TPSA) is 94.4 Å². The van der Waals surface area contributed by atoms with Gasteiger partial charge in [-0.05, 0) is 61.2 Å². The second-order valence-corrected chi connectivity index (χ2v) is 6.66. The lowest BCUT2D eigenvalue weighted by molar-refractivity contribution is 0.432. The van der Waals surface area contributed by atoms with Crippen LogP contribution in [0.5, 0.6) is 5.88 Å². The van der Waals surface area contributed by atoms with Crippen LogP contribution >= 0.6 is 24.4 Å². The van der Waals surface area contributed by atoms with Crippen LogP contribution in [0, 0.1) is 11.7 Å². The molecule has 0 saturated heterocycles. The highest BCUT2D eigenvalue weighted by Crippen LogP contribution is 2.19. The molecular formula is C19H17N5O2S2. The van der Waals surface area contributed by atoms with Crippen molar-refractivity contribution in [3.63, 3.8) is 0 Å². The van der Waals surface area contributed by atoms with E-state index in [0.29, 0.717) is 5.69 Å². The summed E-state index contributed by atoms with van der Waals surface area (Å²) in [5.41, 5.74) is 4.41. The SMILES string of the molecule is Cc1cccc(-n2c(O)c(C=NNC(=S)Nc3ccccc3)c(=O)[nH]c2=S)c1. The lowest BCUT2D eigenvalue weighted by Crippen LogP contribution is -2.25. The molecule has 0 aliphatic carbocycles. The summed E-state index contributed by atoms with van der Waals surface area (Å²) < 4.78 is 1.45. The van der Waals surface area contributed by atoms with Crippen molar-refractivity contribution in [1.82, 2.24) is 15.0 Å². The minimum absolute atomic E-state index is 0.0508. The van der Waals surface area contributed by atoms with Crippen LogP contribution in [0.2, 0.25) is 0 Å². The summed E-state index contributed by atoms with van der Waals surface area (Å²) in [6.07, 6.45) is 1.19. The fourth-order valence-electron chi connectivity index (χ4n) is 2.50. The summed E-state index contributed by atoms with van der Waals surface area (Å²) >= 11 is 10.3. The number of hydrogen-bond acceptors (Lipinski definition) is 5. The van der Waals surface area contributed by atoms with Crippen molar-refractivity contribution in [2.24, 2.45) is 5.10 Å². The largest absolute Gasteiger partial charge is 0.494 e. The normalized spacial score (nSPS) is 10.8. The van der Waals surface area contributed by atoms with Gasteiger partial charge < -0.3 is 10.4 Å². The Morgan fingerprint density at radius 3 is 2.68 bits per heavy atom. The van der Waals surface area contributed by atoms with Gasteiger partial charge in [0.25, 0.3) is 5.56 Å². The standard InChI is InChI=1S/C19H17N5O2S2/c1-12-6-5-9-14(10-12)24-17(26)15(16(25)22-19(24)28)11-20-23-18(27)21-13-7-3-2-4-8-13/h2-11,26H,1H3,(H2,21,23,27)(H,22,25,28). The number of thiocarbonyl (C=S) groups is 1. The lowest BCUT2D eigenvalue weighted by atomic mass is 10.2. The molecule has 0 fully saturated rings. The summed E-state index contributed by atoms with van der Waals surface area (Å²) in [6.45, 7) is 1.92. The van der Waals surface area contributed by atoms with Gasteiger partial charge in [0.2, 0.25) is 5.88 Å². The molecule has 0 radical (unpaired) electrons. The van der Waals surface area contributed by atoms with E-state index >= 15 is 0 Å². The fourth-order valence-corrected chi connectivity index (χ4v) is 2.95. The Hall–Kier alpha value is -3.30. The van der Waals surface area contributed by atoms with Gasteiger partial charge in [0.15, 0.2) is 9.88 Å². The molecule has 3 rings (SSSR count). The predicted octanol–water partition coefficient (Wildman–Crippen LogP) is 3.23. The number of rotatable bonds is 4. The smallest absolute Gasteiger partial charge is 0.264 e. The van der Waals surface area contributed by atoms with E-state index in [0.717, 1.165) is 11.3 Å². The van der Waals surface area contributed by atoms with E-state index in [9.17, 15) is 9.90 Å². The summed E-state index contributed by atoms with van der Waals surface area (Å²) in [5.74, 6) is -0.313. The Bertz CT molecular complexity index is 1150. The number of anilines is 1. The van der Waals surface area contributed by atoms with Crippen molar-refractivity contribution >= 4 is 41.5 Å². The number of aromatic hydroxyl groups is 1. The zero-order valence-electron chi connectivity index (χ0n) is 14.8. The molecule has 4 N–H and O–H groups in total. The van der Waals surface area contributed by atoms with E-state index < -0.39 is 5.56 Å². The number of aromatic amines is 1. The number of hydrazone groups is 1. The van der Waals surface area contributed by atoms with E-state index in [4.69, 9.17) is 24.4 Å². The van der Waals surface area contributed by atoms with Crippen LogP contribution in [0.4, 0.5) is 5.69 Å². The fraction of sp³-hybridized carbons (Fsp3) is 0.0526. The Kier molecular flexibility index (Phi) is 5.97. The van der Waals surface area contributed by atoms with Gasteiger partial charge >= 0.3 is 0 Å². The molecular weight excluding hydrogens is 394 g/mol. The molecule has 9 heteroatoms. The summed E-state index contributed by atoms with van der Waals surface area (Å²) in [7, 11) is 0. The molecule has 0 unspecified atom stereocenters. The molecule has 1 aromatic heterocycles. The number of para-hydroxylation sites is 1. The van der Waals surface area contributed by atoms with Crippen molar-refractivity contribution < 1.29 is 5.11 Å². The van der Waals surface area contributed by atoms with Crippen LogP contribution < -0.4 is 16.3 Å². The van der Waals surface area contributed by atoms with Gasteiger partial charge in [-0.3, -0.25) is 19.8 Å². The highest BCUT2D eigenvalue weighted by atomic mass is 32.1. The van der Waals surface area contributed by atoms with Crippen molar-refractivity contribution in [3.05, 3.63) is 80.8 Å². The average Bonchev–Trinajstić information content (AvgIpc) is 2.65. The Labute approximate surface area is 171 Å². The molecule has 0 aliphatic heterocycles. The third-order valence-corrected chi connectivity index (χ3v) is 4.25. The minimum atomic E-state index is -0.557. The van der Waals surface area contributed by atoms with Crippen molar-refractivity contribution in [3.8, 4) is 11.6 Å². The van der Waals surface area contributed by atoms with Crippen LogP contribution in [-0.4, -0.2) is 26.0 Å². The second-order valence-electron chi connectivity index (χ2n) is 5.86. The van der Waals surface area contributed by atoms with Gasteiger partial charge in [-0.2, -0.15) is 5.10 Å². The number of benzene rings is 2. The molecule has 28 heavy (non-hydrogen) atoms. The summed E-state index contributed by atoms with van der Waals surface area (Å²) in [5, 5.41) is 17.7. The third-order valence-electron chi connectivity index (χ3n) is 3.77. The molecule has 142 valence electrons. The quantitative estimate of drug-likeness (QED) is 0.299. The van der Waals surface area contributed by atoms with Crippen molar-refractivity contribution in [2.75, 3.05) is 5.32 Å². The lowest BCUT2D eigenvalue weighted by Gasteiger charge is -2.11. The molecule has 7 nitrogen and oxygen atoms in total. The van der Waals surface area contributed by atoms with Crippen LogP contribution in [0.25, 0.3) is 5.69 Å². The molecule has 2 aromatic carbocycles. The second kappa shape index (κ2) is 8.59. The van der Waals surface area contributed by atoms with Gasteiger partial charge in [0.05, 0.1) is 11.9 Å². The number of aryl methyl sites for hydroxylation is 1. The zero-order chi connectivity index (χ0) is 20.1. The number of nitrogens with zero attached hydrogens (tertiary/aromatic N) is 2. The Morgan fingerprint density at radius 1 is 1.21 bits per heavy atom. The molecule has 0 atom stereocenters. The van der Waals surface area contributed by atoms with E-state index in [2.05, 4.69) is 20.8 Å². The highest BCUT2D eigenvalue weighted by Gasteiger charge is 2.12. The molecule has 3 aromatic rings.